The van der Waals surface area contributed by atoms with Crippen LogP contribution in [0.3, 0.4) is 0 Å². The lowest BCUT2D eigenvalue weighted by Crippen LogP contribution is -2.38. The molecule has 4 nitrogen and oxygen atoms in total. The predicted molar refractivity (Wildman–Crippen MR) is 68.2 cm³/mol. The van der Waals surface area contributed by atoms with Crippen molar-refractivity contribution in [2.75, 3.05) is 19.6 Å². The third-order valence-corrected chi connectivity index (χ3v) is 3.55. The number of benzene rings is 1. The highest BCUT2D eigenvalue weighted by atomic mass is 16.4. The van der Waals surface area contributed by atoms with Crippen LogP contribution in [0.2, 0.25) is 0 Å². The van der Waals surface area contributed by atoms with E-state index in [0.29, 0.717) is 19.4 Å². The standard InChI is InChI=1S/C14H19NO3/c16-13(11-4-2-1-3-5-11)10-15-8-6-12(7-9-15)14(17)18/h1-5,12-13,16H,6-10H2,(H,17,18). The number of likely N-dealkylation sites (tertiary alicyclic amines) is 1. The molecule has 0 bridgehead atoms. The first-order valence-corrected chi connectivity index (χ1v) is 6.35. The van der Waals surface area contributed by atoms with E-state index in [-0.39, 0.29) is 5.92 Å². The molecule has 98 valence electrons. The number of carbonyl (C=O) groups is 1. The summed E-state index contributed by atoms with van der Waals surface area (Å²) in [4.78, 5) is 13.0. The Bertz CT molecular complexity index is 385. The van der Waals surface area contributed by atoms with Gasteiger partial charge in [-0.15, -0.1) is 0 Å². The minimum absolute atomic E-state index is 0.213. The SMILES string of the molecule is O=C(O)C1CCN(CC(O)c2ccccc2)CC1. The molecule has 1 unspecified atom stereocenters. The highest BCUT2D eigenvalue weighted by Crippen LogP contribution is 2.20. The van der Waals surface area contributed by atoms with Crippen LogP contribution in [0.4, 0.5) is 0 Å². The summed E-state index contributed by atoms with van der Waals surface area (Å²) < 4.78 is 0. The molecule has 0 aliphatic carbocycles. The van der Waals surface area contributed by atoms with Gasteiger partial charge in [-0.1, -0.05) is 30.3 Å². The van der Waals surface area contributed by atoms with Crippen LogP contribution in [0.1, 0.15) is 24.5 Å². The molecule has 1 aliphatic heterocycles. The van der Waals surface area contributed by atoms with E-state index >= 15 is 0 Å². The molecule has 0 saturated carbocycles. The van der Waals surface area contributed by atoms with Crippen LogP contribution < -0.4 is 0 Å². The summed E-state index contributed by atoms with van der Waals surface area (Å²) in [6.07, 6.45) is 0.862. The van der Waals surface area contributed by atoms with Crippen LogP contribution in [0, 0.1) is 5.92 Å². The van der Waals surface area contributed by atoms with Crippen molar-refractivity contribution in [3.8, 4) is 0 Å². The van der Waals surface area contributed by atoms with Gasteiger partial charge in [0.25, 0.3) is 0 Å². The van der Waals surface area contributed by atoms with Crippen molar-refractivity contribution in [3.63, 3.8) is 0 Å². The second-order valence-corrected chi connectivity index (χ2v) is 4.84. The lowest BCUT2D eigenvalue weighted by Gasteiger charge is -2.31. The summed E-state index contributed by atoms with van der Waals surface area (Å²) in [5.74, 6) is -0.909. The molecular formula is C14H19NO3. The first kappa shape index (κ1) is 13.1. The van der Waals surface area contributed by atoms with Crippen molar-refractivity contribution in [2.24, 2.45) is 5.92 Å². The number of carboxylic acid groups (broad SMARTS) is 1. The number of piperidine rings is 1. The van der Waals surface area contributed by atoms with Gasteiger partial charge in [0.15, 0.2) is 0 Å². The van der Waals surface area contributed by atoms with E-state index in [2.05, 4.69) is 4.90 Å². The Morgan fingerprint density at radius 3 is 2.44 bits per heavy atom. The van der Waals surface area contributed by atoms with Crippen molar-refractivity contribution in [2.45, 2.75) is 18.9 Å². The molecule has 0 radical (unpaired) electrons. The average Bonchev–Trinajstić information content (AvgIpc) is 2.40. The fraction of sp³-hybridized carbons (Fsp3) is 0.500. The van der Waals surface area contributed by atoms with Crippen molar-refractivity contribution in [3.05, 3.63) is 35.9 Å². The van der Waals surface area contributed by atoms with Crippen LogP contribution in [0.5, 0.6) is 0 Å². The van der Waals surface area contributed by atoms with Crippen molar-refractivity contribution >= 4 is 5.97 Å². The number of nitrogens with zero attached hydrogens (tertiary/aromatic N) is 1. The molecule has 0 spiro atoms. The quantitative estimate of drug-likeness (QED) is 0.849. The number of hydrogen-bond donors (Lipinski definition) is 2. The Balaban J connectivity index is 1.83. The lowest BCUT2D eigenvalue weighted by atomic mass is 9.96. The lowest BCUT2D eigenvalue weighted by molar-refractivity contribution is -0.143. The third kappa shape index (κ3) is 3.31. The normalized spacial score (nSPS) is 19.6. The van der Waals surface area contributed by atoms with Crippen LogP contribution >= 0.6 is 0 Å². The van der Waals surface area contributed by atoms with Gasteiger partial charge in [-0.3, -0.25) is 4.79 Å². The van der Waals surface area contributed by atoms with Crippen LogP contribution in [-0.2, 0) is 4.79 Å². The van der Waals surface area contributed by atoms with Gasteiger partial charge >= 0.3 is 5.97 Å². The number of aliphatic hydroxyl groups excluding tert-OH is 1. The molecule has 1 saturated heterocycles. The van der Waals surface area contributed by atoms with Gasteiger partial charge in [0.2, 0.25) is 0 Å². The van der Waals surface area contributed by atoms with Crippen molar-refractivity contribution < 1.29 is 15.0 Å². The zero-order valence-electron chi connectivity index (χ0n) is 10.3. The predicted octanol–water partition coefficient (Wildman–Crippen LogP) is 1.52. The summed E-state index contributed by atoms with van der Waals surface area (Å²) in [6, 6.07) is 9.57. The van der Waals surface area contributed by atoms with Gasteiger partial charge in [0.1, 0.15) is 0 Å². The third-order valence-electron chi connectivity index (χ3n) is 3.55. The molecule has 2 N–H and O–H groups in total. The molecule has 1 aromatic rings. The van der Waals surface area contributed by atoms with Crippen LogP contribution in [-0.4, -0.2) is 40.7 Å². The maximum Gasteiger partial charge on any atom is 0.306 e. The summed E-state index contributed by atoms with van der Waals surface area (Å²) in [5, 5.41) is 19.0. The molecule has 1 heterocycles. The molecule has 1 aliphatic rings. The van der Waals surface area contributed by atoms with Crippen LogP contribution in [0.15, 0.2) is 30.3 Å². The topological polar surface area (TPSA) is 60.8 Å². The zero-order valence-corrected chi connectivity index (χ0v) is 10.3. The second kappa shape index (κ2) is 5.98. The van der Waals surface area contributed by atoms with Crippen molar-refractivity contribution in [1.82, 2.24) is 4.90 Å². The number of carboxylic acids is 1. The van der Waals surface area contributed by atoms with Gasteiger partial charge in [-0.25, -0.2) is 0 Å². The van der Waals surface area contributed by atoms with E-state index < -0.39 is 12.1 Å². The van der Waals surface area contributed by atoms with E-state index in [9.17, 15) is 9.90 Å². The molecular weight excluding hydrogens is 230 g/mol. The summed E-state index contributed by atoms with van der Waals surface area (Å²) in [7, 11) is 0. The number of aliphatic carboxylic acids is 1. The largest absolute Gasteiger partial charge is 0.481 e. The minimum Gasteiger partial charge on any atom is -0.481 e. The van der Waals surface area contributed by atoms with Gasteiger partial charge < -0.3 is 15.1 Å². The molecule has 0 amide bonds. The number of β-amino-alcohol motifs (C(OH)–C–C–N with tert-alkyl or cyclic N) is 1. The Hall–Kier alpha value is -1.39. The van der Waals surface area contributed by atoms with E-state index in [4.69, 9.17) is 5.11 Å². The molecule has 1 atom stereocenters. The van der Waals surface area contributed by atoms with Crippen molar-refractivity contribution in [1.29, 1.82) is 0 Å². The van der Waals surface area contributed by atoms with Gasteiger partial charge in [0.05, 0.1) is 12.0 Å². The summed E-state index contributed by atoms with van der Waals surface area (Å²) in [6.45, 7) is 2.08. The average molecular weight is 249 g/mol. The fourth-order valence-corrected chi connectivity index (χ4v) is 2.39. The van der Waals surface area contributed by atoms with E-state index in [1.807, 2.05) is 30.3 Å². The van der Waals surface area contributed by atoms with Gasteiger partial charge in [-0.05, 0) is 31.5 Å². The van der Waals surface area contributed by atoms with Crippen LogP contribution in [0.25, 0.3) is 0 Å². The Kier molecular flexibility index (Phi) is 4.33. The first-order valence-electron chi connectivity index (χ1n) is 6.35. The number of hydrogen-bond acceptors (Lipinski definition) is 3. The maximum atomic E-state index is 10.8. The Morgan fingerprint density at radius 2 is 1.89 bits per heavy atom. The second-order valence-electron chi connectivity index (χ2n) is 4.84. The number of aliphatic hydroxyl groups is 1. The van der Waals surface area contributed by atoms with E-state index in [1.165, 1.54) is 0 Å². The molecule has 0 aromatic heterocycles. The highest BCUT2D eigenvalue weighted by molar-refractivity contribution is 5.70. The monoisotopic (exact) mass is 249 g/mol. The smallest absolute Gasteiger partial charge is 0.306 e. The Labute approximate surface area is 107 Å². The highest BCUT2D eigenvalue weighted by Gasteiger charge is 2.25. The summed E-state index contributed by atoms with van der Waals surface area (Å²) >= 11 is 0. The summed E-state index contributed by atoms with van der Waals surface area (Å²) in [5.41, 5.74) is 0.915. The number of rotatable bonds is 4. The molecule has 1 fully saturated rings. The minimum atomic E-state index is -0.696. The van der Waals surface area contributed by atoms with Gasteiger partial charge in [0, 0.05) is 6.54 Å². The van der Waals surface area contributed by atoms with Gasteiger partial charge in [-0.2, -0.15) is 0 Å². The maximum absolute atomic E-state index is 10.8. The Morgan fingerprint density at radius 1 is 1.28 bits per heavy atom. The fourth-order valence-electron chi connectivity index (χ4n) is 2.39. The zero-order chi connectivity index (χ0) is 13.0. The first-order chi connectivity index (χ1) is 8.66. The molecule has 18 heavy (non-hydrogen) atoms. The molecule has 4 heteroatoms. The molecule has 1 aromatic carbocycles. The van der Waals surface area contributed by atoms with E-state index in [1.54, 1.807) is 0 Å². The van der Waals surface area contributed by atoms with E-state index in [0.717, 1.165) is 18.7 Å². The molecule has 2 rings (SSSR count).